The van der Waals surface area contributed by atoms with Crippen molar-refractivity contribution in [3.8, 4) is 0 Å². The molecule has 2 aromatic rings. The van der Waals surface area contributed by atoms with Gasteiger partial charge < -0.3 is 10.4 Å². The van der Waals surface area contributed by atoms with E-state index in [1.807, 2.05) is 32.0 Å². The molecule has 2 N–H and O–H groups in total. The van der Waals surface area contributed by atoms with E-state index in [-0.39, 0.29) is 11.9 Å². The van der Waals surface area contributed by atoms with E-state index in [2.05, 4.69) is 16.9 Å². The maximum absolute atomic E-state index is 12.6. The van der Waals surface area contributed by atoms with Crippen molar-refractivity contribution in [3.63, 3.8) is 0 Å². The summed E-state index contributed by atoms with van der Waals surface area (Å²) in [6.07, 6.45) is 6.90. The molecule has 1 fully saturated rings. The van der Waals surface area contributed by atoms with Crippen LogP contribution in [0.3, 0.4) is 0 Å². The first kappa shape index (κ1) is 18.9. The van der Waals surface area contributed by atoms with Crippen LogP contribution in [0.4, 0.5) is 0 Å². The van der Waals surface area contributed by atoms with Crippen molar-refractivity contribution in [3.05, 3.63) is 47.1 Å². The molecule has 138 valence electrons. The molecule has 1 amide bonds. The Bertz CT molecular complexity index is 834. The second-order valence-corrected chi connectivity index (χ2v) is 8.08. The largest absolute Gasteiger partial charge is 0.390 e. The quantitative estimate of drug-likeness (QED) is 0.825. The summed E-state index contributed by atoms with van der Waals surface area (Å²) in [7, 11) is 0. The Morgan fingerprint density at radius 1 is 1.31 bits per heavy atom. The van der Waals surface area contributed by atoms with E-state index in [1.54, 1.807) is 12.3 Å². The third-order valence-electron chi connectivity index (χ3n) is 5.34. The standard InChI is InChI=1S/C21H25ClN2O2/c1-4-13-11-19-14(10-18(13)22)9-15(12-23-19)20(25)24-17-7-5-16(6-8-17)21(2,3)26/h4,9-12,16-17,26H,1,5-8H2,2-3H3,(H,24,25)/t16-,17-. The number of fused-ring (bicyclic) bond motifs is 1. The molecular weight excluding hydrogens is 348 g/mol. The second-order valence-electron chi connectivity index (χ2n) is 7.67. The minimum atomic E-state index is -0.652. The van der Waals surface area contributed by atoms with Crippen LogP contribution in [0.2, 0.25) is 5.02 Å². The van der Waals surface area contributed by atoms with Gasteiger partial charge in [-0.15, -0.1) is 0 Å². The molecule has 5 heteroatoms. The highest BCUT2D eigenvalue weighted by atomic mass is 35.5. The van der Waals surface area contributed by atoms with E-state index < -0.39 is 5.60 Å². The zero-order valence-electron chi connectivity index (χ0n) is 15.3. The second kappa shape index (κ2) is 7.37. The Hall–Kier alpha value is -1.91. The van der Waals surface area contributed by atoms with Crippen LogP contribution in [0.1, 0.15) is 55.5 Å². The summed E-state index contributed by atoms with van der Waals surface area (Å²) in [6, 6.07) is 5.64. The highest BCUT2D eigenvalue weighted by Crippen LogP contribution is 2.32. The van der Waals surface area contributed by atoms with E-state index in [1.165, 1.54) is 0 Å². The lowest BCUT2D eigenvalue weighted by Crippen LogP contribution is -2.41. The average Bonchev–Trinajstić information content (AvgIpc) is 2.60. The fraction of sp³-hybridized carbons (Fsp3) is 0.429. The summed E-state index contributed by atoms with van der Waals surface area (Å²) in [5.74, 6) is 0.175. The highest BCUT2D eigenvalue weighted by molar-refractivity contribution is 6.32. The Labute approximate surface area is 159 Å². The molecule has 4 nitrogen and oxygen atoms in total. The van der Waals surface area contributed by atoms with Crippen LogP contribution in [0.25, 0.3) is 17.0 Å². The van der Waals surface area contributed by atoms with Gasteiger partial charge in [-0.25, -0.2) is 0 Å². The number of carbonyl (C=O) groups excluding carboxylic acids is 1. The zero-order chi connectivity index (χ0) is 18.9. The number of aromatic nitrogens is 1. The lowest BCUT2D eigenvalue weighted by molar-refractivity contribution is -0.00257. The predicted octanol–water partition coefficient (Wildman–Crippen LogP) is 4.59. The number of nitrogens with zero attached hydrogens (tertiary/aromatic N) is 1. The summed E-state index contributed by atoms with van der Waals surface area (Å²) in [4.78, 5) is 17.0. The molecule has 1 aliphatic carbocycles. The SMILES string of the molecule is C=Cc1cc2ncc(C(=O)N[C@H]3CC[C@H](C(C)(C)O)CC3)cc2cc1Cl. The van der Waals surface area contributed by atoms with Gasteiger partial charge in [-0.05, 0) is 69.2 Å². The van der Waals surface area contributed by atoms with Gasteiger partial charge in [-0.3, -0.25) is 9.78 Å². The van der Waals surface area contributed by atoms with Crippen LogP contribution in [0.5, 0.6) is 0 Å². The van der Waals surface area contributed by atoms with Crippen molar-refractivity contribution >= 4 is 34.5 Å². The van der Waals surface area contributed by atoms with E-state index in [0.717, 1.165) is 42.1 Å². The maximum Gasteiger partial charge on any atom is 0.253 e. The van der Waals surface area contributed by atoms with E-state index >= 15 is 0 Å². The number of rotatable bonds is 4. The maximum atomic E-state index is 12.6. The molecule has 0 spiro atoms. The Morgan fingerprint density at radius 3 is 2.62 bits per heavy atom. The van der Waals surface area contributed by atoms with E-state index in [9.17, 15) is 9.90 Å². The molecule has 1 aliphatic rings. The van der Waals surface area contributed by atoms with Crippen LogP contribution >= 0.6 is 11.6 Å². The van der Waals surface area contributed by atoms with Crippen LogP contribution in [0, 0.1) is 5.92 Å². The Kier molecular flexibility index (Phi) is 5.35. The van der Waals surface area contributed by atoms with Gasteiger partial charge in [0, 0.05) is 22.6 Å². The molecule has 0 aliphatic heterocycles. The van der Waals surface area contributed by atoms with Crippen molar-refractivity contribution < 1.29 is 9.90 Å². The van der Waals surface area contributed by atoms with Gasteiger partial charge in [0.05, 0.1) is 16.7 Å². The smallest absolute Gasteiger partial charge is 0.253 e. The van der Waals surface area contributed by atoms with Gasteiger partial charge in [-0.2, -0.15) is 0 Å². The van der Waals surface area contributed by atoms with Crippen molar-refractivity contribution in [2.75, 3.05) is 0 Å². The van der Waals surface area contributed by atoms with Gasteiger partial charge in [0.2, 0.25) is 0 Å². The first-order chi connectivity index (χ1) is 12.3. The third kappa shape index (κ3) is 4.08. The van der Waals surface area contributed by atoms with Gasteiger partial charge in [0.15, 0.2) is 0 Å². The Balaban J connectivity index is 1.69. The monoisotopic (exact) mass is 372 g/mol. The highest BCUT2D eigenvalue weighted by Gasteiger charge is 2.31. The van der Waals surface area contributed by atoms with Crippen molar-refractivity contribution in [1.29, 1.82) is 0 Å². The molecule has 1 aromatic carbocycles. The molecule has 1 heterocycles. The number of amides is 1. The normalized spacial score (nSPS) is 20.8. The van der Waals surface area contributed by atoms with E-state index in [4.69, 9.17) is 11.6 Å². The molecule has 1 aromatic heterocycles. The van der Waals surface area contributed by atoms with E-state index in [0.29, 0.717) is 16.5 Å². The molecule has 0 saturated heterocycles. The zero-order valence-corrected chi connectivity index (χ0v) is 16.0. The molecule has 0 atom stereocenters. The summed E-state index contributed by atoms with van der Waals surface area (Å²) >= 11 is 6.22. The fourth-order valence-electron chi connectivity index (χ4n) is 3.66. The number of hydrogen-bond acceptors (Lipinski definition) is 3. The first-order valence-electron chi connectivity index (χ1n) is 9.03. The Morgan fingerprint density at radius 2 is 2.00 bits per heavy atom. The molecule has 0 unspecified atom stereocenters. The summed E-state index contributed by atoms with van der Waals surface area (Å²) in [5.41, 5.74) is 1.49. The number of nitrogens with one attached hydrogen (secondary N) is 1. The predicted molar refractivity (Wildman–Crippen MR) is 106 cm³/mol. The number of hydrogen-bond donors (Lipinski definition) is 2. The first-order valence-corrected chi connectivity index (χ1v) is 9.40. The lowest BCUT2D eigenvalue weighted by Gasteiger charge is -2.36. The van der Waals surface area contributed by atoms with Gasteiger partial charge in [-0.1, -0.05) is 24.3 Å². The molecule has 3 rings (SSSR count). The molecule has 26 heavy (non-hydrogen) atoms. The lowest BCUT2D eigenvalue weighted by atomic mass is 9.77. The van der Waals surface area contributed by atoms with Crippen LogP contribution in [-0.2, 0) is 0 Å². The summed E-state index contributed by atoms with van der Waals surface area (Å²) < 4.78 is 0. The third-order valence-corrected chi connectivity index (χ3v) is 5.67. The summed E-state index contributed by atoms with van der Waals surface area (Å²) in [5, 5.41) is 14.7. The van der Waals surface area contributed by atoms with Gasteiger partial charge in [0.1, 0.15) is 0 Å². The minimum Gasteiger partial charge on any atom is -0.390 e. The average molecular weight is 373 g/mol. The fourth-order valence-corrected chi connectivity index (χ4v) is 3.91. The molecule has 1 saturated carbocycles. The van der Waals surface area contributed by atoms with Gasteiger partial charge >= 0.3 is 0 Å². The van der Waals surface area contributed by atoms with Crippen LogP contribution in [-0.4, -0.2) is 27.6 Å². The number of aliphatic hydroxyl groups is 1. The van der Waals surface area contributed by atoms with Crippen molar-refractivity contribution in [2.24, 2.45) is 5.92 Å². The van der Waals surface area contributed by atoms with Crippen LogP contribution < -0.4 is 5.32 Å². The minimum absolute atomic E-state index is 0.116. The van der Waals surface area contributed by atoms with Crippen molar-refractivity contribution in [2.45, 2.75) is 51.2 Å². The van der Waals surface area contributed by atoms with Gasteiger partial charge in [0.25, 0.3) is 5.91 Å². The molecule has 0 radical (unpaired) electrons. The summed E-state index contributed by atoms with van der Waals surface area (Å²) in [6.45, 7) is 7.46. The number of carbonyl (C=O) groups is 1. The molecular formula is C21H25ClN2O2. The van der Waals surface area contributed by atoms with Crippen molar-refractivity contribution in [1.82, 2.24) is 10.3 Å². The topological polar surface area (TPSA) is 62.2 Å². The molecule has 0 bridgehead atoms. The van der Waals surface area contributed by atoms with Crippen LogP contribution in [0.15, 0.2) is 31.0 Å². The number of pyridine rings is 1. The number of halogens is 1. The number of benzene rings is 1.